The molecular weight excluding hydrogens is 900 g/mol. The minimum atomic E-state index is -4.37. The van der Waals surface area contributed by atoms with Crippen LogP contribution in [0.2, 0.25) is 0 Å². The van der Waals surface area contributed by atoms with Gasteiger partial charge in [-0.25, -0.2) is 4.57 Å². The Morgan fingerprint density at radius 3 is 1.30 bits per heavy atom. The number of likely N-dealkylation sites (N-methyl/N-ethyl adjacent to an activating group) is 1. The summed E-state index contributed by atoms with van der Waals surface area (Å²) >= 11 is 0. The lowest BCUT2D eigenvalue weighted by atomic mass is 10.0. The Morgan fingerprint density at radius 1 is 0.493 bits per heavy atom. The normalized spacial score (nSPS) is 14.5. The highest BCUT2D eigenvalue weighted by Crippen LogP contribution is 2.43. The predicted octanol–water partition coefficient (Wildman–Crippen LogP) is 18.0. The third-order valence-corrected chi connectivity index (χ3v) is 13.8. The summed E-state index contributed by atoms with van der Waals surface area (Å²) in [5.74, 6) is -0.216. The first kappa shape index (κ1) is 68.7. The van der Waals surface area contributed by atoms with Crippen LogP contribution in [-0.4, -0.2) is 73.4 Å². The Bertz CT molecular complexity index is 1430. The maximum atomic E-state index is 12.9. The zero-order valence-corrected chi connectivity index (χ0v) is 47.8. The van der Waals surface area contributed by atoms with E-state index in [0.717, 1.165) is 83.5 Å². The highest BCUT2D eigenvalue weighted by atomic mass is 31.2. The molecular formula is C62H114N2O6P+. The van der Waals surface area contributed by atoms with Gasteiger partial charge in [0.1, 0.15) is 13.2 Å². The number of hydrogen-bond donors (Lipinski definition) is 3. The molecule has 0 rings (SSSR count). The lowest BCUT2D eigenvalue weighted by Gasteiger charge is -2.25. The topological polar surface area (TPSA) is 105 Å². The quantitative estimate of drug-likeness (QED) is 0.0243. The molecule has 0 bridgehead atoms. The molecule has 412 valence electrons. The lowest BCUT2D eigenvalue weighted by Crippen LogP contribution is -2.45. The molecule has 71 heavy (non-hydrogen) atoms. The highest BCUT2D eigenvalue weighted by molar-refractivity contribution is 7.47. The minimum Gasteiger partial charge on any atom is -0.387 e. The third-order valence-electron chi connectivity index (χ3n) is 12.8. The van der Waals surface area contributed by atoms with Crippen LogP contribution in [-0.2, 0) is 18.4 Å². The van der Waals surface area contributed by atoms with Crippen molar-refractivity contribution >= 4 is 13.7 Å². The maximum Gasteiger partial charge on any atom is 0.472 e. The van der Waals surface area contributed by atoms with Crippen molar-refractivity contribution in [3.63, 3.8) is 0 Å². The van der Waals surface area contributed by atoms with Crippen LogP contribution in [0.15, 0.2) is 85.1 Å². The molecule has 0 aliphatic carbocycles. The Labute approximate surface area is 439 Å². The van der Waals surface area contributed by atoms with E-state index in [1.54, 1.807) is 6.08 Å². The summed E-state index contributed by atoms with van der Waals surface area (Å²) in [6.07, 6.45) is 74.3. The molecule has 0 aromatic heterocycles. The summed E-state index contributed by atoms with van der Waals surface area (Å²) in [5.41, 5.74) is 0. The third kappa shape index (κ3) is 55.3. The van der Waals surface area contributed by atoms with Gasteiger partial charge in [-0.05, 0) is 83.5 Å². The molecule has 0 aliphatic rings. The van der Waals surface area contributed by atoms with Crippen molar-refractivity contribution in [3.05, 3.63) is 85.1 Å². The molecule has 0 fully saturated rings. The molecule has 1 amide bonds. The van der Waals surface area contributed by atoms with E-state index in [1.165, 1.54) is 148 Å². The van der Waals surface area contributed by atoms with Crippen molar-refractivity contribution in [1.29, 1.82) is 0 Å². The van der Waals surface area contributed by atoms with Crippen molar-refractivity contribution in [2.24, 2.45) is 0 Å². The molecule has 0 aromatic carbocycles. The number of phosphoric acid groups is 1. The molecule has 8 nitrogen and oxygen atoms in total. The van der Waals surface area contributed by atoms with Crippen LogP contribution in [0.4, 0.5) is 0 Å². The van der Waals surface area contributed by atoms with Crippen molar-refractivity contribution in [3.8, 4) is 0 Å². The average Bonchev–Trinajstić information content (AvgIpc) is 3.33. The summed E-state index contributed by atoms with van der Waals surface area (Å²) < 4.78 is 23.6. The van der Waals surface area contributed by atoms with Crippen molar-refractivity contribution < 1.29 is 32.9 Å². The van der Waals surface area contributed by atoms with Gasteiger partial charge in [0.15, 0.2) is 0 Å². The fourth-order valence-electron chi connectivity index (χ4n) is 8.24. The molecule has 3 atom stereocenters. The number of carbonyl (C=O) groups is 1. The summed E-state index contributed by atoms with van der Waals surface area (Å²) in [6, 6.07) is -0.889. The maximum absolute atomic E-state index is 12.9. The van der Waals surface area contributed by atoms with Gasteiger partial charge in [0, 0.05) is 6.42 Å². The molecule has 0 heterocycles. The van der Waals surface area contributed by atoms with Gasteiger partial charge in [0.25, 0.3) is 0 Å². The first-order chi connectivity index (χ1) is 34.5. The number of allylic oxidation sites excluding steroid dienone is 13. The number of nitrogens with zero attached hydrogens (tertiary/aromatic N) is 1. The lowest BCUT2D eigenvalue weighted by molar-refractivity contribution is -0.870. The van der Waals surface area contributed by atoms with Crippen LogP contribution < -0.4 is 5.32 Å². The fraction of sp³-hybridized carbons (Fsp3) is 0.758. The second-order valence-electron chi connectivity index (χ2n) is 21.0. The second kappa shape index (κ2) is 52.5. The first-order valence-corrected chi connectivity index (χ1v) is 31.0. The SMILES string of the molecule is CC/C=C\C/C=C\C/C=C\C/C=C\CCCCCCC(=O)NC(COP(=O)(O)OCC[N+](C)(C)C)C(O)/C=C/CC/C=C/CC/C=C/CCCCCCCCCCCCCCCCCCCCCCCC. The Kier molecular flexibility index (Phi) is 50.8. The fourth-order valence-corrected chi connectivity index (χ4v) is 8.98. The van der Waals surface area contributed by atoms with E-state index in [0.29, 0.717) is 17.4 Å². The van der Waals surface area contributed by atoms with Crippen LogP contribution in [0.25, 0.3) is 0 Å². The molecule has 3 unspecified atom stereocenters. The zero-order valence-electron chi connectivity index (χ0n) is 46.9. The molecule has 0 aliphatic heterocycles. The number of quaternary nitrogens is 1. The van der Waals surface area contributed by atoms with Crippen LogP contribution in [0.5, 0.6) is 0 Å². The number of aliphatic hydroxyl groups excluding tert-OH is 1. The van der Waals surface area contributed by atoms with Gasteiger partial charge in [0.05, 0.1) is 39.9 Å². The van der Waals surface area contributed by atoms with Gasteiger partial charge < -0.3 is 19.8 Å². The Morgan fingerprint density at radius 2 is 0.859 bits per heavy atom. The van der Waals surface area contributed by atoms with E-state index in [4.69, 9.17) is 9.05 Å². The number of phosphoric ester groups is 1. The van der Waals surface area contributed by atoms with Gasteiger partial charge in [-0.3, -0.25) is 13.8 Å². The van der Waals surface area contributed by atoms with E-state index in [1.807, 2.05) is 27.2 Å². The van der Waals surface area contributed by atoms with Crippen LogP contribution >= 0.6 is 7.82 Å². The van der Waals surface area contributed by atoms with Crippen LogP contribution in [0, 0.1) is 0 Å². The summed E-state index contributed by atoms with van der Waals surface area (Å²) in [7, 11) is 1.52. The summed E-state index contributed by atoms with van der Waals surface area (Å²) in [6.45, 7) is 4.66. The Hall–Kier alpha value is -2.32. The van der Waals surface area contributed by atoms with Gasteiger partial charge >= 0.3 is 7.82 Å². The number of hydrogen-bond acceptors (Lipinski definition) is 5. The average molecular weight is 1010 g/mol. The number of aliphatic hydroxyl groups is 1. The van der Waals surface area contributed by atoms with Gasteiger partial charge in [-0.15, -0.1) is 0 Å². The highest BCUT2D eigenvalue weighted by Gasteiger charge is 2.27. The standard InChI is InChI=1S/C62H113N2O6P/c1-6-8-10-12-14-16-18-20-22-24-25-26-27-28-29-30-31-32-33-34-35-36-37-38-40-41-43-45-47-49-51-53-55-61(65)60(59-70-71(67,68)69-58-57-64(3,4)5)63-62(66)56-54-52-50-48-46-44-42-39-23-21-19-17-15-13-11-9-7-2/h9,11,15,17,21,23,38,40,42,44-45,47,53,55,60-61,65H,6-8,10,12-14,16,18-20,22,24-37,39,41,43,46,48-52,54,56-59H2,1-5H3,(H-,63,66,67,68)/p+1/b11-9-,17-15-,23-21-,40-38+,44-42-,47-45+,55-53+. The van der Waals surface area contributed by atoms with Gasteiger partial charge in [-0.2, -0.15) is 0 Å². The van der Waals surface area contributed by atoms with Crippen molar-refractivity contribution in [2.75, 3.05) is 40.9 Å². The molecule has 0 aromatic rings. The van der Waals surface area contributed by atoms with E-state index in [2.05, 4.69) is 92.1 Å². The van der Waals surface area contributed by atoms with Gasteiger partial charge in [0.2, 0.25) is 5.91 Å². The van der Waals surface area contributed by atoms with Crippen LogP contribution in [0.3, 0.4) is 0 Å². The van der Waals surface area contributed by atoms with E-state index in [9.17, 15) is 19.4 Å². The number of amides is 1. The smallest absolute Gasteiger partial charge is 0.387 e. The second-order valence-corrected chi connectivity index (χ2v) is 22.4. The van der Waals surface area contributed by atoms with Crippen LogP contribution in [0.1, 0.15) is 251 Å². The molecule has 0 saturated carbocycles. The molecule has 0 spiro atoms. The zero-order chi connectivity index (χ0) is 52.0. The first-order valence-electron chi connectivity index (χ1n) is 29.5. The van der Waals surface area contributed by atoms with E-state index in [-0.39, 0.29) is 19.1 Å². The van der Waals surface area contributed by atoms with E-state index < -0.39 is 20.0 Å². The predicted molar refractivity (Wildman–Crippen MR) is 309 cm³/mol. The number of rotatable bonds is 53. The molecule has 0 radical (unpaired) electrons. The van der Waals surface area contributed by atoms with E-state index >= 15 is 0 Å². The molecule has 9 heteroatoms. The largest absolute Gasteiger partial charge is 0.472 e. The van der Waals surface area contributed by atoms with Gasteiger partial charge in [-0.1, -0.05) is 247 Å². The van der Waals surface area contributed by atoms with Crippen molar-refractivity contribution in [1.82, 2.24) is 5.32 Å². The monoisotopic (exact) mass is 1010 g/mol. The number of carbonyl (C=O) groups excluding carboxylic acids is 1. The summed E-state index contributed by atoms with van der Waals surface area (Å²) in [5, 5.41) is 13.9. The summed E-state index contributed by atoms with van der Waals surface area (Å²) in [4.78, 5) is 23.2. The Balaban J connectivity index is 4.23. The minimum absolute atomic E-state index is 0.0442. The number of unbranched alkanes of at least 4 members (excludes halogenated alkanes) is 28. The number of nitrogens with one attached hydrogen (secondary N) is 1. The van der Waals surface area contributed by atoms with Crippen molar-refractivity contribution in [2.45, 2.75) is 264 Å². The molecule has 3 N–H and O–H groups in total. The molecule has 0 saturated heterocycles.